The van der Waals surface area contributed by atoms with Crippen LogP contribution in [0.4, 0.5) is 16.2 Å². The van der Waals surface area contributed by atoms with E-state index in [1.807, 2.05) is 37.1 Å². The smallest absolute Gasteiger partial charge is 0.225 e. The van der Waals surface area contributed by atoms with Gasteiger partial charge in [-0.3, -0.25) is 4.68 Å². The number of nitrogens with zero attached hydrogens (tertiary/aromatic N) is 9. The molecular formula is C27H28FN9O. The summed E-state index contributed by atoms with van der Waals surface area (Å²) >= 11 is 0. The van der Waals surface area contributed by atoms with E-state index in [-0.39, 0.29) is 5.82 Å². The van der Waals surface area contributed by atoms with Gasteiger partial charge in [0.1, 0.15) is 23.3 Å². The van der Waals surface area contributed by atoms with Crippen molar-refractivity contribution in [3.63, 3.8) is 0 Å². The Hall–Kier alpha value is -4.38. The molecule has 1 saturated heterocycles. The first-order chi connectivity index (χ1) is 18.4. The Labute approximate surface area is 219 Å². The third kappa shape index (κ3) is 4.24. The number of fused-ring (bicyclic) bond motifs is 1. The van der Waals surface area contributed by atoms with Crippen LogP contribution >= 0.6 is 0 Å². The van der Waals surface area contributed by atoms with Crippen LogP contribution < -0.4 is 9.80 Å². The van der Waals surface area contributed by atoms with Gasteiger partial charge in [0.05, 0.1) is 6.20 Å². The van der Waals surface area contributed by atoms with Crippen LogP contribution in [0.15, 0.2) is 67.6 Å². The number of aliphatic hydroxyl groups is 1. The van der Waals surface area contributed by atoms with Crippen LogP contribution in [0.3, 0.4) is 0 Å². The summed E-state index contributed by atoms with van der Waals surface area (Å²) in [6, 6.07) is 7.99. The van der Waals surface area contributed by atoms with Crippen LogP contribution in [0.2, 0.25) is 0 Å². The van der Waals surface area contributed by atoms with E-state index in [4.69, 9.17) is 0 Å². The summed E-state index contributed by atoms with van der Waals surface area (Å²) in [5.74, 6) is 1.16. The summed E-state index contributed by atoms with van der Waals surface area (Å²) in [4.78, 5) is 18.1. The number of rotatable bonds is 6. The first-order valence-electron chi connectivity index (χ1n) is 12.6. The van der Waals surface area contributed by atoms with Gasteiger partial charge in [-0.2, -0.15) is 10.2 Å². The number of anilines is 2. The fourth-order valence-corrected chi connectivity index (χ4v) is 5.01. The third-order valence-electron chi connectivity index (χ3n) is 7.24. The van der Waals surface area contributed by atoms with E-state index in [0.29, 0.717) is 23.5 Å². The molecule has 1 atom stereocenters. The highest BCUT2D eigenvalue weighted by Crippen LogP contribution is 2.33. The van der Waals surface area contributed by atoms with Crippen molar-refractivity contribution in [3.8, 4) is 11.1 Å². The molecule has 194 valence electrons. The second-order valence-electron chi connectivity index (χ2n) is 9.51. The minimum atomic E-state index is -1.28. The maximum Gasteiger partial charge on any atom is 0.225 e. The monoisotopic (exact) mass is 513 g/mol. The topological polar surface area (TPSA) is 101 Å². The molecule has 11 heteroatoms. The van der Waals surface area contributed by atoms with E-state index < -0.39 is 5.60 Å². The molecule has 0 unspecified atom stereocenters. The molecule has 1 aromatic carbocycles. The van der Waals surface area contributed by atoms with Crippen molar-refractivity contribution < 1.29 is 9.50 Å². The van der Waals surface area contributed by atoms with Gasteiger partial charge in [-0.25, -0.2) is 23.9 Å². The van der Waals surface area contributed by atoms with Gasteiger partial charge in [-0.15, -0.1) is 0 Å². The summed E-state index contributed by atoms with van der Waals surface area (Å²) in [6.45, 7) is 4.83. The zero-order valence-electron chi connectivity index (χ0n) is 21.2. The first kappa shape index (κ1) is 24.0. The zero-order chi connectivity index (χ0) is 26.3. The maximum absolute atomic E-state index is 13.4. The quantitative estimate of drug-likeness (QED) is 0.370. The number of hydrogen-bond donors (Lipinski definition) is 1. The van der Waals surface area contributed by atoms with Crippen molar-refractivity contribution in [1.29, 1.82) is 0 Å². The fraction of sp³-hybridized carbons (Fsp3) is 0.296. The van der Waals surface area contributed by atoms with Gasteiger partial charge in [0.15, 0.2) is 5.82 Å². The molecule has 4 aromatic heterocycles. The Kier molecular flexibility index (Phi) is 5.99. The standard InChI is InChI=1S/C27H28FN9O/c1-3-27(38,21-4-6-23(28)7-5-21)22-14-29-26(30-15-22)36-10-8-35(9-11-36)25-24-12-19(17-37(24)33-18-31-25)20-13-32-34(2)16-20/h4-7,12-18,38H,3,8-11H2,1-2H3/t27-/m0/s1. The van der Waals surface area contributed by atoms with Gasteiger partial charge in [-0.05, 0) is 30.2 Å². The lowest BCUT2D eigenvalue weighted by Gasteiger charge is -2.35. The van der Waals surface area contributed by atoms with Crippen LogP contribution in [0, 0.1) is 5.82 Å². The molecule has 1 aliphatic rings. The number of aryl methyl sites for hydroxylation is 1. The minimum Gasteiger partial charge on any atom is -0.380 e. The largest absolute Gasteiger partial charge is 0.380 e. The molecule has 5 heterocycles. The van der Waals surface area contributed by atoms with Crippen molar-refractivity contribution in [1.82, 2.24) is 34.3 Å². The summed E-state index contributed by atoms with van der Waals surface area (Å²) in [5, 5.41) is 20.0. The molecular weight excluding hydrogens is 485 g/mol. The van der Waals surface area contributed by atoms with E-state index in [1.165, 1.54) is 12.1 Å². The lowest BCUT2D eigenvalue weighted by Crippen LogP contribution is -2.47. The SMILES string of the molecule is CC[C@](O)(c1ccc(F)cc1)c1cnc(N2CCN(c3ncnn4cc(-c5cnn(C)c5)cc34)CC2)nc1. The van der Waals surface area contributed by atoms with Crippen LogP contribution in [-0.2, 0) is 12.6 Å². The lowest BCUT2D eigenvalue weighted by atomic mass is 9.86. The molecule has 0 amide bonds. The van der Waals surface area contributed by atoms with Gasteiger partial charge in [0.2, 0.25) is 5.95 Å². The molecule has 0 saturated carbocycles. The van der Waals surface area contributed by atoms with Gasteiger partial charge >= 0.3 is 0 Å². The number of aromatic nitrogens is 7. The predicted octanol–water partition coefficient (Wildman–Crippen LogP) is 3.03. The zero-order valence-corrected chi connectivity index (χ0v) is 21.2. The molecule has 0 spiro atoms. The highest BCUT2D eigenvalue weighted by molar-refractivity contribution is 5.77. The molecule has 0 aliphatic carbocycles. The Balaban J connectivity index is 1.17. The summed E-state index contributed by atoms with van der Waals surface area (Å²) < 4.78 is 17.0. The van der Waals surface area contributed by atoms with E-state index in [9.17, 15) is 9.50 Å². The summed E-state index contributed by atoms with van der Waals surface area (Å²) in [7, 11) is 1.90. The second-order valence-corrected chi connectivity index (χ2v) is 9.51. The van der Waals surface area contributed by atoms with E-state index in [0.717, 1.165) is 48.6 Å². The lowest BCUT2D eigenvalue weighted by molar-refractivity contribution is 0.0757. The van der Waals surface area contributed by atoms with Crippen molar-refractivity contribution in [2.75, 3.05) is 36.0 Å². The van der Waals surface area contributed by atoms with E-state index >= 15 is 0 Å². The average molecular weight is 514 g/mol. The van der Waals surface area contributed by atoms with Gasteiger partial charge in [0.25, 0.3) is 0 Å². The molecule has 10 nitrogen and oxygen atoms in total. The second kappa shape index (κ2) is 9.49. The fourth-order valence-electron chi connectivity index (χ4n) is 5.01. The van der Waals surface area contributed by atoms with Crippen molar-refractivity contribution >= 4 is 17.3 Å². The van der Waals surface area contributed by atoms with Crippen LogP contribution in [0.5, 0.6) is 0 Å². The third-order valence-corrected chi connectivity index (χ3v) is 7.24. The molecule has 38 heavy (non-hydrogen) atoms. The summed E-state index contributed by atoms with van der Waals surface area (Å²) in [5.41, 5.74) is 2.92. The molecule has 0 bridgehead atoms. The molecule has 0 radical (unpaired) electrons. The molecule has 1 aliphatic heterocycles. The van der Waals surface area contributed by atoms with Crippen molar-refractivity contribution in [2.24, 2.45) is 7.05 Å². The number of halogens is 1. The Morgan fingerprint density at radius 2 is 1.58 bits per heavy atom. The number of benzene rings is 1. The summed E-state index contributed by atoms with van der Waals surface area (Å²) in [6.07, 6.45) is 11.1. The Morgan fingerprint density at radius 1 is 0.868 bits per heavy atom. The molecule has 6 rings (SSSR count). The van der Waals surface area contributed by atoms with Crippen LogP contribution in [0.25, 0.3) is 16.6 Å². The van der Waals surface area contributed by atoms with Gasteiger partial charge in [-0.1, -0.05) is 19.1 Å². The molecule has 1 fully saturated rings. The molecule has 5 aromatic rings. The first-order valence-corrected chi connectivity index (χ1v) is 12.6. The Morgan fingerprint density at radius 3 is 2.24 bits per heavy atom. The van der Waals surface area contributed by atoms with Gasteiger partial charge < -0.3 is 14.9 Å². The molecule has 1 N–H and O–H groups in total. The Bertz CT molecular complexity index is 1560. The van der Waals surface area contributed by atoms with Crippen molar-refractivity contribution in [3.05, 3.63) is 84.6 Å². The van der Waals surface area contributed by atoms with Crippen molar-refractivity contribution in [2.45, 2.75) is 18.9 Å². The highest BCUT2D eigenvalue weighted by atomic mass is 19.1. The van der Waals surface area contributed by atoms with E-state index in [2.05, 4.69) is 41.0 Å². The van der Waals surface area contributed by atoms with Gasteiger partial charge in [0, 0.05) is 74.7 Å². The van der Waals surface area contributed by atoms with Crippen LogP contribution in [-0.4, -0.2) is 65.6 Å². The minimum absolute atomic E-state index is 0.341. The van der Waals surface area contributed by atoms with Crippen LogP contribution in [0.1, 0.15) is 24.5 Å². The van der Waals surface area contributed by atoms with E-state index in [1.54, 1.807) is 35.5 Å². The maximum atomic E-state index is 13.4. The predicted molar refractivity (Wildman–Crippen MR) is 141 cm³/mol. The number of piperazine rings is 1. The normalized spacial score (nSPS) is 15.7. The number of hydrogen-bond acceptors (Lipinski definition) is 8. The highest BCUT2D eigenvalue weighted by Gasteiger charge is 2.31. The average Bonchev–Trinajstić information content (AvgIpc) is 3.59.